The Morgan fingerprint density at radius 3 is 2.70 bits per heavy atom. The van der Waals surface area contributed by atoms with Crippen LogP contribution in [0, 0.1) is 6.92 Å². The lowest BCUT2D eigenvalue weighted by atomic mass is 10.0. The van der Waals surface area contributed by atoms with Crippen LogP contribution in [0.4, 0.5) is 10.6 Å². The number of pyridine rings is 1. The molecule has 1 fully saturated rings. The zero-order valence-electron chi connectivity index (χ0n) is 20.8. The van der Waals surface area contributed by atoms with Crippen LogP contribution in [0.2, 0.25) is 0 Å². The number of carbonyl (C=O) groups is 4. The molecule has 2 aliphatic heterocycles. The van der Waals surface area contributed by atoms with Crippen molar-refractivity contribution < 1.29 is 23.9 Å². The fourth-order valence-corrected chi connectivity index (χ4v) is 5.64. The smallest absolute Gasteiger partial charge is 0.321 e. The summed E-state index contributed by atoms with van der Waals surface area (Å²) in [5.74, 6) is -0.210. The van der Waals surface area contributed by atoms with Gasteiger partial charge in [0.1, 0.15) is 28.1 Å². The van der Waals surface area contributed by atoms with Gasteiger partial charge in [-0.1, -0.05) is 6.07 Å². The van der Waals surface area contributed by atoms with E-state index in [9.17, 15) is 19.2 Å². The Bertz CT molecular complexity index is 1470. The van der Waals surface area contributed by atoms with Gasteiger partial charge in [-0.15, -0.1) is 11.3 Å². The number of imide groups is 1. The molecule has 1 saturated heterocycles. The summed E-state index contributed by atoms with van der Waals surface area (Å²) in [5.41, 5.74) is 1.86. The van der Waals surface area contributed by atoms with Gasteiger partial charge in [0, 0.05) is 6.42 Å². The van der Waals surface area contributed by atoms with Gasteiger partial charge in [-0.25, -0.2) is 14.8 Å². The van der Waals surface area contributed by atoms with E-state index in [4.69, 9.17) is 9.72 Å². The van der Waals surface area contributed by atoms with Crippen molar-refractivity contribution in [2.75, 3.05) is 12.4 Å². The summed E-state index contributed by atoms with van der Waals surface area (Å²) < 4.78 is 6.44. The lowest BCUT2D eigenvalue weighted by Gasteiger charge is -2.29. The number of hydrogen-bond acceptors (Lipinski definition) is 8. The molecule has 12 heteroatoms. The number of amides is 5. The van der Waals surface area contributed by atoms with Crippen LogP contribution in [0.25, 0.3) is 10.2 Å². The highest BCUT2D eigenvalue weighted by atomic mass is 32.1. The zero-order valence-corrected chi connectivity index (χ0v) is 21.6. The van der Waals surface area contributed by atoms with Gasteiger partial charge in [0.15, 0.2) is 0 Å². The number of aryl methyl sites for hydroxylation is 1. The van der Waals surface area contributed by atoms with Gasteiger partial charge in [0.2, 0.25) is 11.8 Å². The second-order valence-electron chi connectivity index (χ2n) is 9.58. The number of nitrogens with zero attached hydrogens (tertiary/aromatic N) is 3. The number of carbonyl (C=O) groups excluding carboxylic acids is 4. The number of nitrogens with one attached hydrogen (secondary N) is 3. The van der Waals surface area contributed by atoms with E-state index in [0.717, 1.165) is 20.8 Å². The van der Waals surface area contributed by atoms with Crippen LogP contribution in [0.5, 0.6) is 5.75 Å². The van der Waals surface area contributed by atoms with Gasteiger partial charge in [-0.05, 0) is 51.0 Å². The molecule has 0 saturated carbocycles. The summed E-state index contributed by atoms with van der Waals surface area (Å²) in [5, 5.41) is 8.66. The summed E-state index contributed by atoms with van der Waals surface area (Å²) in [7, 11) is 1.60. The van der Waals surface area contributed by atoms with Crippen LogP contribution in [0.3, 0.4) is 0 Å². The topological polar surface area (TPSA) is 143 Å². The van der Waals surface area contributed by atoms with Crippen molar-refractivity contribution in [3.05, 3.63) is 46.1 Å². The number of ether oxygens (including phenoxy) is 1. The maximum Gasteiger partial charge on any atom is 0.321 e. The number of piperidine rings is 1. The molecule has 4 heterocycles. The maximum atomic E-state index is 12.9. The highest BCUT2D eigenvalue weighted by molar-refractivity contribution is 7.19. The van der Waals surface area contributed by atoms with Crippen molar-refractivity contribution in [3.8, 4) is 5.75 Å². The molecular formula is C25H26N6O5S. The Hall–Kier alpha value is -4.06. The predicted molar refractivity (Wildman–Crippen MR) is 136 cm³/mol. The SMILES string of the molecule is COc1ccc(C)c2sc(C(C)(C)NC(=O)Nc3ccc4c(n3)CN(C3CCC(=O)NC3=O)C4=O)nc12. The summed E-state index contributed by atoms with van der Waals surface area (Å²) in [4.78, 5) is 60.0. The number of benzene rings is 1. The van der Waals surface area contributed by atoms with Gasteiger partial charge in [0.25, 0.3) is 5.91 Å². The van der Waals surface area contributed by atoms with Crippen molar-refractivity contribution in [2.24, 2.45) is 0 Å². The number of hydrogen-bond donors (Lipinski definition) is 3. The Labute approximate surface area is 216 Å². The standard InChI is InChI=1S/C25H26N6O5S/c1-12-5-8-16(36-4)19-20(12)37-23(29-19)25(2,3)30-24(35)27-17-9-6-13-14(26-17)11-31(22(13)34)15-7-10-18(32)28-21(15)33/h5-6,8-9,15H,7,10-11H2,1-4H3,(H,28,32,33)(H2,26,27,30,35). The molecule has 0 radical (unpaired) electrons. The van der Waals surface area contributed by atoms with E-state index in [2.05, 4.69) is 20.9 Å². The van der Waals surface area contributed by atoms with Crippen molar-refractivity contribution in [2.45, 2.75) is 51.7 Å². The number of urea groups is 1. The summed E-state index contributed by atoms with van der Waals surface area (Å²) in [6.45, 7) is 5.84. The van der Waals surface area contributed by atoms with E-state index < -0.39 is 23.5 Å². The third-order valence-electron chi connectivity index (χ3n) is 6.50. The van der Waals surface area contributed by atoms with Crippen molar-refractivity contribution in [1.82, 2.24) is 25.5 Å². The average molecular weight is 523 g/mol. The highest BCUT2D eigenvalue weighted by Gasteiger charge is 2.40. The second-order valence-corrected chi connectivity index (χ2v) is 10.6. The minimum absolute atomic E-state index is 0.121. The lowest BCUT2D eigenvalue weighted by molar-refractivity contribution is -0.136. The number of anilines is 1. The van der Waals surface area contributed by atoms with E-state index >= 15 is 0 Å². The third kappa shape index (κ3) is 4.48. The monoisotopic (exact) mass is 522 g/mol. The quantitative estimate of drug-likeness (QED) is 0.437. The van der Waals surface area contributed by atoms with Crippen LogP contribution in [0.15, 0.2) is 24.3 Å². The molecule has 2 aromatic heterocycles. The summed E-state index contributed by atoms with van der Waals surface area (Å²) in [6, 6.07) is 5.77. The van der Waals surface area contributed by atoms with E-state index in [0.29, 0.717) is 17.0 Å². The maximum absolute atomic E-state index is 12.9. The molecule has 5 amide bonds. The highest BCUT2D eigenvalue weighted by Crippen LogP contribution is 2.36. The molecule has 5 rings (SSSR count). The molecule has 11 nitrogen and oxygen atoms in total. The first kappa shape index (κ1) is 24.6. The molecule has 3 aromatic rings. The van der Waals surface area contributed by atoms with Crippen LogP contribution < -0.4 is 20.7 Å². The molecule has 1 atom stereocenters. The lowest BCUT2D eigenvalue weighted by Crippen LogP contribution is -2.52. The third-order valence-corrected chi connectivity index (χ3v) is 8.01. The van der Waals surface area contributed by atoms with E-state index in [1.807, 2.05) is 32.9 Å². The van der Waals surface area contributed by atoms with Crippen LogP contribution >= 0.6 is 11.3 Å². The molecule has 0 spiro atoms. The second kappa shape index (κ2) is 9.11. The Kier molecular flexibility index (Phi) is 6.06. The van der Waals surface area contributed by atoms with Gasteiger partial charge in [-0.2, -0.15) is 0 Å². The fraction of sp³-hybridized carbons (Fsp3) is 0.360. The summed E-state index contributed by atoms with van der Waals surface area (Å²) in [6.07, 6.45) is 0.442. The van der Waals surface area contributed by atoms with Crippen LogP contribution in [0.1, 0.15) is 53.3 Å². The molecule has 0 aliphatic carbocycles. The normalized spacial score (nSPS) is 17.6. The Morgan fingerprint density at radius 2 is 1.97 bits per heavy atom. The number of methoxy groups -OCH3 is 1. The first-order valence-electron chi connectivity index (χ1n) is 11.8. The van der Waals surface area contributed by atoms with Crippen LogP contribution in [-0.4, -0.2) is 51.8 Å². The zero-order chi connectivity index (χ0) is 26.5. The number of rotatable bonds is 5. The van der Waals surface area contributed by atoms with Gasteiger partial charge < -0.3 is 15.0 Å². The molecule has 1 unspecified atom stereocenters. The van der Waals surface area contributed by atoms with Gasteiger partial charge >= 0.3 is 6.03 Å². The molecular weight excluding hydrogens is 496 g/mol. The minimum atomic E-state index is -0.791. The minimum Gasteiger partial charge on any atom is -0.494 e. The van der Waals surface area contributed by atoms with E-state index in [1.54, 1.807) is 19.2 Å². The Balaban J connectivity index is 1.29. The Morgan fingerprint density at radius 1 is 1.19 bits per heavy atom. The first-order chi connectivity index (χ1) is 17.6. The van der Waals surface area contributed by atoms with Gasteiger partial charge in [0.05, 0.1) is 35.2 Å². The molecule has 192 valence electrons. The fourth-order valence-electron chi connectivity index (χ4n) is 4.53. The predicted octanol–water partition coefficient (Wildman–Crippen LogP) is 2.83. The van der Waals surface area contributed by atoms with Gasteiger partial charge in [-0.3, -0.25) is 25.0 Å². The number of fused-ring (bicyclic) bond motifs is 2. The van der Waals surface area contributed by atoms with E-state index in [1.165, 1.54) is 16.2 Å². The molecule has 2 aliphatic rings. The summed E-state index contributed by atoms with van der Waals surface area (Å²) >= 11 is 1.49. The average Bonchev–Trinajstić information content (AvgIpc) is 3.42. The van der Waals surface area contributed by atoms with E-state index in [-0.39, 0.29) is 37.0 Å². The molecule has 37 heavy (non-hydrogen) atoms. The molecule has 1 aromatic carbocycles. The van der Waals surface area contributed by atoms with Crippen molar-refractivity contribution in [3.63, 3.8) is 0 Å². The molecule has 0 bridgehead atoms. The number of thiazole rings is 1. The van der Waals surface area contributed by atoms with Crippen molar-refractivity contribution >= 4 is 51.1 Å². The van der Waals surface area contributed by atoms with Crippen LogP contribution in [-0.2, 0) is 21.7 Å². The number of aromatic nitrogens is 2. The first-order valence-corrected chi connectivity index (χ1v) is 12.6. The molecule has 3 N–H and O–H groups in total. The van der Waals surface area contributed by atoms with Crippen molar-refractivity contribution in [1.29, 1.82) is 0 Å². The largest absolute Gasteiger partial charge is 0.494 e.